The summed E-state index contributed by atoms with van der Waals surface area (Å²) < 4.78 is 0. The molecule has 5 heteroatoms. The highest BCUT2D eigenvalue weighted by atomic mass is 16.4. The van der Waals surface area contributed by atoms with Crippen LogP contribution in [0.25, 0.3) is 0 Å². The fourth-order valence-electron chi connectivity index (χ4n) is 2.01. The molecule has 1 saturated carbocycles. The summed E-state index contributed by atoms with van der Waals surface area (Å²) in [5.74, 6) is -0.953. The highest BCUT2D eigenvalue weighted by Crippen LogP contribution is 2.27. The second kappa shape index (κ2) is 4.18. The van der Waals surface area contributed by atoms with E-state index in [0.717, 1.165) is 32.2 Å². The molecule has 0 aromatic heterocycles. The minimum atomic E-state index is -0.923. The molecule has 0 bridgehead atoms. The summed E-state index contributed by atoms with van der Waals surface area (Å²) in [5.41, 5.74) is 0. The third kappa shape index (κ3) is 2.47. The zero-order chi connectivity index (χ0) is 10.8. The molecule has 84 valence electrons. The van der Waals surface area contributed by atoms with Gasteiger partial charge >= 0.3 is 5.97 Å². The smallest absolute Gasteiger partial charge is 0.323 e. The van der Waals surface area contributed by atoms with E-state index >= 15 is 0 Å². The molecule has 15 heavy (non-hydrogen) atoms. The van der Waals surface area contributed by atoms with Crippen LogP contribution in [0.1, 0.15) is 25.7 Å². The summed E-state index contributed by atoms with van der Waals surface area (Å²) in [6.07, 6.45) is 3.74. The third-order valence-electron chi connectivity index (χ3n) is 2.93. The molecule has 1 aliphatic heterocycles. The zero-order valence-corrected chi connectivity index (χ0v) is 8.61. The van der Waals surface area contributed by atoms with Crippen LogP contribution in [-0.2, 0) is 9.59 Å². The van der Waals surface area contributed by atoms with Crippen molar-refractivity contribution in [3.63, 3.8) is 0 Å². The Hall–Kier alpha value is -1.10. The summed E-state index contributed by atoms with van der Waals surface area (Å²) in [7, 11) is 0. The van der Waals surface area contributed by atoms with Gasteiger partial charge in [-0.1, -0.05) is 0 Å². The van der Waals surface area contributed by atoms with Crippen LogP contribution in [0.2, 0.25) is 0 Å². The zero-order valence-electron chi connectivity index (χ0n) is 8.61. The number of rotatable bonds is 4. The Bertz CT molecular complexity index is 270. The molecule has 0 aromatic carbocycles. The molecule has 2 fully saturated rings. The number of hydrogen-bond acceptors (Lipinski definition) is 3. The van der Waals surface area contributed by atoms with Gasteiger partial charge in [0.2, 0.25) is 5.91 Å². The molecule has 1 heterocycles. The number of hydrogen-bond donors (Lipinski definition) is 2. The number of nitrogens with one attached hydrogen (secondary N) is 1. The van der Waals surface area contributed by atoms with Gasteiger partial charge in [-0.15, -0.1) is 0 Å². The van der Waals surface area contributed by atoms with E-state index in [9.17, 15) is 9.59 Å². The number of carboxylic acids is 1. The first-order valence-electron chi connectivity index (χ1n) is 5.44. The van der Waals surface area contributed by atoms with Crippen molar-refractivity contribution in [3.8, 4) is 0 Å². The Labute approximate surface area is 88.4 Å². The molecule has 0 radical (unpaired) electrons. The van der Waals surface area contributed by atoms with Crippen molar-refractivity contribution in [1.82, 2.24) is 10.2 Å². The summed E-state index contributed by atoms with van der Waals surface area (Å²) in [6, 6.07) is 0.0287. The second-order valence-corrected chi connectivity index (χ2v) is 4.24. The number of carboxylic acid groups (broad SMARTS) is 1. The average Bonchev–Trinajstić information content (AvgIpc) is 2.88. The van der Waals surface area contributed by atoms with Gasteiger partial charge in [0.15, 0.2) is 0 Å². The van der Waals surface area contributed by atoms with E-state index < -0.39 is 5.97 Å². The quantitative estimate of drug-likeness (QED) is 0.678. The number of aliphatic carboxylic acids is 1. The molecule has 0 unspecified atom stereocenters. The van der Waals surface area contributed by atoms with Gasteiger partial charge in [-0.25, -0.2) is 0 Å². The molecular formula is C10H16N2O3. The van der Waals surface area contributed by atoms with Crippen LogP contribution in [0.15, 0.2) is 0 Å². The fourth-order valence-corrected chi connectivity index (χ4v) is 2.01. The summed E-state index contributed by atoms with van der Waals surface area (Å²) in [5, 5.41) is 11.8. The molecule has 2 N–H and O–H groups in total. The maximum absolute atomic E-state index is 12.0. The predicted octanol–water partition coefficient (Wildman–Crippen LogP) is -0.186. The van der Waals surface area contributed by atoms with Gasteiger partial charge in [0.25, 0.3) is 0 Å². The molecule has 2 aliphatic rings. The second-order valence-electron chi connectivity index (χ2n) is 4.24. The number of carbonyl (C=O) groups is 2. The average molecular weight is 212 g/mol. The highest BCUT2D eigenvalue weighted by Gasteiger charge is 2.37. The first-order chi connectivity index (χ1) is 7.18. The van der Waals surface area contributed by atoms with E-state index in [0.29, 0.717) is 0 Å². The minimum absolute atomic E-state index is 0.0302. The largest absolute Gasteiger partial charge is 0.480 e. The Kier molecular flexibility index (Phi) is 2.90. The lowest BCUT2D eigenvalue weighted by molar-refractivity contribution is -0.145. The number of carbonyl (C=O) groups excluding carboxylic acids is 1. The predicted molar refractivity (Wildman–Crippen MR) is 53.4 cm³/mol. The minimum Gasteiger partial charge on any atom is -0.480 e. The lowest BCUT2D eigenvalue weighted by atomic mass is 10.2. The number of amides is 1. The lowest BCUT2D eigenvalue weighted by Gasteiger charge is -2.23. The van der Waals surface area contributed by atoms with Crippen LogP contribution < -0.4 is 5.32 Å². The SMILES string of the molecule is O=C(O)CN(C(=O)[C@H]1CCCN1)C1CC1. The molecular weight excluding hydrogens is 196 g/mol. The monoisotopic (exact) mass is 212 g/mol. The van der Waals surface area contributed by atoms with Crippen LogP contribution in [0.3, 0.4) is 0 Å². The van der Waals surface area contributed by atoms with E-state index in [4.69, 9.17) is 5.11 Å². The van der Waals surface area contributed by atoms with E-state index in [1.54, 1.807) is 0 Å². The van der Waals surface area contributed by atoms with E-state index in [-0.39, 0.29) is 24.5 Å². The van der Waals surface area contributed by atoms with E-state index in [2.05, 4.69) is 5.32 Å². The van der Waals surface area contributed by atoms with Crippen molar-refractivity contribution in [2.24, 2.45) is 0 Å². The molecule has 5 nitrogen and oxygen atoms in total. The molecule has 2 rings (SSSR count). The van der Waals surface area contributed by atoms with Gasteiger partial charge in [-0.05, 0) is 32.2 Å². The third-order valence-corrected chi connectivity index (χ3v) is 2.93. The Morgan fingerprint density at radius 3 is 2.53 bits per heavy atom. The van der Waals surface area contributed by atoms with Gasteiger partial charge in [0.1, 0.15) is 6.54 Å². The molecule has 1 atom stereocenters. The first kappa shape index (κ1) is 10.4. The lowest BCUT2D eigenvalue weighted by Crippen LogP contribution is -2.46. The number of nitrogens with zero attached hydrogens (tertiary/aromatic N) is 1. The van der Waals surface area contributed by atoms with Gasteiger partial charge in [-0.2, -0.15) is 0 Å². The van der Waals surface area contributed by atoms with Crippen molar-refractivity contribution in [3.05, 3.63) is 0 Å². The van der Waals surface area contributed by atoms with E-state index in [1.165, 1.54) is 4.90 Å². The highest BCUT2D eigenvalue weighted by molar-refractivity contribution is 5.86. The van der Waals surface area contributed by atoms with E-state index in [1.807, 2.05) is 0 Å². The fraction of sp³-hybridized carbons (Fsp3) is 0.800. The topological polar surface area (TPSA) is 69.6 Å². The van der Waals surface area contributed by atoms with Crippen molar-refractivity contribution in [2.75, 3.05) is 13.1 Å². The van der Waals surface area contributed by atoms with Crippen LogP contribution in [-0.4, -0.2) is 47.1 Å². The van der Waals surface area contributed by atoms with Crippen molar-refractivity contribution in [2.45, 2.75) is 37.8 Å². The maximum Gasteiger partial charge on any atom is 0.323 e. The van der Waals surface area contributed by atoms with Crippen molar-refractivity contribution >= 4 is 11.9 Å². The standard InChI is InChI=1S/C10H16N2O3/c13-9(14)6-12(7-3-4-7)10(15)8-2-1-5-11-8/h7-8,11H,1-6H2,(H,13,14)/t8-/m1/s1. The molecule has 1 saturated heterocycles. The summed E-state index contributed by atoms with van der Waals surface area (Å²) >= 11 is 0. The first-order valence-corrected chi connectivity index (χ1v) is 5.44. The van der Waals surface area contributed by atoms with Gasteiger partial charge in [0, 0.05) is 6.04 Å². The molecule has 1 aliphatic carbocycles. The summed E-state index contributed by atoms with van der Waals surface area (Å²) in [4.78, 5) is 24.1. The normalized spacial score (nSPS) is 25.2. The van der Waals surface area contributed by atoms with Crippen LogP contribution in [0.4, 0.5) is 0 Å². The summed E-state index contributed by atoms with van der Waals surface area (Å²) in [6.45, 7) is 0.712. The van der Waals surface area contributed by atoms with Crippen molar-refractivity contribution in [1.29, 1.82) is 0 Å². The van der Waals surface area contributed by atoms with Crippen LogP contribution in [0, 0.1) is 0 Å². The Balaban J connectivity index is 1.96. The van der Waals surface area contributed by atoms with Crippen molar-refractivity contribution < 1.29 is 14.7 Å². The van der Waals surface area contributed by atoms with Gasteiger partial charge < -0.3 is 15.3 Å². The Morgan fingerprint density at radius 2 is 2.07 bits per heavy atom. The molecule has 0 aromatic rings. The van der Waals surface area contributed by atoms with Gasteiger partial charge in [-0.3, -0.25) is 9.59 Å². The maximum atomic E-state index is 12.0. The molecule has 0 spiro atoms. The van der Waals surface area contributed by atoms with Crippen LogP contribution in [0.5, 0.6) is 0 Å². The van der Waals surface area contributed by atoms with Crippen LogP contribution >= 0.6 is 0 Å². The molecule has 1 amide bonds. The Morgan fingerprint density at radius 1 is 1.33 bits per heavy atom. The van der Waals surface area contributed by atoms with Gasteiger partial charge in [0.05, 0.1) is 6.04 Å².